The molecule has 1 aliphatic carbocycles. The van der Waals surface area contributed by atoms with Gasteiger partial charge in [-0.15, -0.1) is 11.8 Å². The molecule has 2 aliphatic rings. The summed E-state index contributed by atoms with van der Waals surface area (Å²) in [5.41, 5.74) is 0.763. The van der Waals surface area contributed by atoms with E-state index in [0.29, 0.717) is 21.7 Å². The minimum absolute atomic E-state index is 0.228. The van der Waals surface area contributed by atoms with Gasteiger partial charge in [0.25, 0.3) is 0 Å². The molecule has 0 spiro atoms. The van der Waals surface area contributed by atoms with Crippen molar-refractivity contribution in [3.05, 3.63) is 51.6 Å². The highest BCUT2D eigenvalue weighted by atomic mass is 127. The second kappa shape index (κ2) is 8.84. The van der Waals surface area contributed by atoms with E-state index in [1.54, 1.807) is 17.8 Å². The van der Waals surface area contributed by atoms with Crippen molar-refractivity contribution in [3.8, 4) is 0 Å². The lowest BCUT2D eigenvalue weighted by molar-refractivity contribution is 0.00578. The van der Waals surface area contributed by atoms with E-state index in [4.69, 9.17) is 9.31 Å². The van der Waals surface area contributed by atoms with Crippen LogP contribution in [-0.2, 0) is 9.31 Å². The molecule has 2 unspecified atom stereocenters. The van der Waals surface area contributed by atoms with Crippen molar-refractivity contribution in [2.75, 3.05) is 5.32 Å². The number of benzene rings is 2. The number of nitrogens with one attached hydrogen (secondary N) is 1. The standard InChI is InChI=1S/C23H27BF2INO2S/c1-22(2)23(3,4)30-24(29-22)14-5-10-21(18(26)11-14)31-17-8-7-16(13-17)28-20-9-6-15(25)12-19(20)27/h5-6,9-12,16-17,28H,7-8,13H2,1-4H3. The largest absolute Gasteiger partial charge is 0.494 e. The van der Waals surface area contributed by atoms with Crippen molar-refractivity contribution < 1.29 is 18.1 Å². The highest BCUT2D eigenvalue weighted by Crippen LogP contribution is 2.39. The summed E-state index contributed by atoms with van der Waals surface area (Å²) in [5, 5.41) is 3.85. The zero-order chi connectivity index (χ0) is 22.4. The monoisotopic (exact) mass is 557 g/mol. The first-order chi connectivity index (χ1) is 14.5. The number of halogens is 3. The predicted octanol–water partition coefficient (Wildman–Crippen LogP) is 5.99. The average molecular weight is 557 g/mol. The third-order valence-corrected chi connectivity index (χ3v) is 8.69. The van der Waals surface area contributed by atoms with Crippen molar-refractivity contribution in [1.29, 1.82) is 0 Å². The number of anilines is 1. The molecule has 0 aromatic heterocycles. The molecule has 2 aromatic carbocycles. The van der Waals surface area contributed by atoms with Crippen molar-refractivity contribution in [3.63, 3.8) is 0 Å². The van der Waals surface area contributed by atoms with Crippen LogP contribution in [0.2, 0.25) is 0 Å². The van der Waals surface area contributed by atoms with E-state index in [2.05, 4.69) is 27.9 Å². The summed E-state index contributed by atoms with van der Waals surface area (Å²) in [6.07, 6.45) is 2.97. The number of hydrogen-bond donors (Lipinski definition) is 1. The van der Waals surface area contributed by atoms with E-state index in [1.807, 2.05) is 39.8 Å². The molecule has 1 saturated heterocycles. The summed E-state index contributed by atoms with van der Waals surface area (Å²) in [5.74, 6) is -0.462. The Morgan fingerprint density at radius 3 is 2.39 bits per heavy atom. The molecule has 2 atom stereocenters. The molecular weight excluding hydrogens is 530 g/mol. The van der Waals surface area contributed by atoms with Gasteiger partial charge in [0, 0.05) is 25.4 Å². The van der Waals surface area contributed by atoms with Gasteiger partial charge in [-0.2, -0.15) is 0 Å². The smallest absolute Gasteiger partial charge is 0.399 e. The number of hydrogen-bond acceptors (Lipinski definition) is 4. The fourth-order valence-electron chi connectivity index (χ4n) is 3.92. The van der Waals surface area contributed by atoms with Crippen LogP contribution in [0.1, 0.15) is 47.0 Å². The van der Waals surface area contributed by atoms with Crippen LogP contribution in [0.25, 0.3) is 0 Å². The summed E-state index contributed by atoms with van der Waals surface area (Å²) in [6, 6.07) is 10.4. The van der Waals surface area contributed by atoms with Crippen LogP contribution in [0.4, 0.5) is 14.5 Å². The normalized spacial score (nSPS) is 24.5. The molecule has 0 amide bonds. The highest BCUT2D eigenvalue weighted by Gasteiger charge is 2.51. The molecule has 31 heavy (non-hydrogen) atoms. The summed E-state index contributed by atoms with van der Waals surface area (Å²) < 4.78 is 41.2. The average Bonchev–Trinajstić information content (AvgIpc) is 3.20. The van der Waals surface area contributed by atoms with Gasteiger partial charge in [0.2, 0.25) is 0 Å². The van der Waals surface area contributed by atoms with Gasteiger partial charge in [-0.1, -0.05) is 6.07 Å². The zero-order valence-electron chi connectivity index (χ0n) is 18.2. The van der Waals surface area contributed by atoms with Crippen LogP contribution < -0.4 is 10.8 Å². The van der Waals surface area contributed by atoms with E-state index in [1.165, 1.54) is 18.2 Å². The van der Waals surface area contributed by atoms with Gasteiger partial charge >= 0.3 is 7.12 Å². The Balaban J connectivity index is 1.37. The van der Waals surface area contributed by atoms with E-state index in [0.717, 1.165) is 28.5 Å². The maximum Gasteiger partial charge on any atom is 0.494 e. The molecule has 2 aromatic rings. The molecule has 1 N–H and O–H groups in total. The van der Waals surface area contributed by atoms with E-state index < -0.39 is 18.3 Å². The fraction of sp³-hybridized carbons (Fsp3) is 0.478. The second-order valence-electron chi connectivity index (χ2n) is 9.30. The van der Waals surface area contributed by atoms with E-state index in [9.17, 15) is 8.78 Å². The quantitative estimate of drug-likeness (QED) is 0.362. The molecule has 0 radical (unpaired) electrons. The Morgan fingerprint density at radius 1 is 1.03 bits per heavy atom. The summed E-state index contributed by atoms with van der Waals surface area (Å²) >= 11 is 3.74. The van der Waals surface area contributed by atoms with Gasteiger partial charge in [-0.05, 0) is 105 Å². The lowest BCUT2D eigenvalue weighted by Crippen LogP contribution is -2.41. The Labute approximate surface area is 201 Å². The molecule has 1 aliphatic heterocycles. The Morgan fingerprint density at radius 2 is 1.74 bits per heavy atom. The fourth-order valence-corrected chi connectivity index (χ4v) is 5.82. The first-order valence-electron chi connectivity index (χ1n) is 10.6. The minimum atomic E-state index is -0.559. The molecule has 3 nitrogen and oxygen atoms in total. The highest BCUT2D eigenvalue weighted by molar-refractivity contribution is 14.1. The van der Waals surface area contributed by atoms with E-state index in [-0.39, 0.29) is 11.6 Å². The van der Waals surface area contributed by atoms with Gasteiger partial charge in [0.1, 0.15) is 11.6 Å². The molecule has 1 saturated carbocycles. The summed E-state index contributed by atoms with van der Waals surface area (Å²) in [7, 11) is -0.559. The summed E-state index contributed by atoms with van der Waals surface area (Å²) in [4.78, 5) is 0.655. The van der Waals surface area contributed by atoms with Crippen molar-refractivity contribution in [2.45, 2.75) is 74.3 Å². The third-order valence-electron chi connectivity index (χ3n) is 6.45. The first-order valence-corrected chi connectivity index (χ1v) is 12.5. The van der Waals surface area contributed by atoms with Gasteiger partial charge in [0.15, 0.2) is 0 Å². The molecular formula is C23H27BF2INO2S. The molecule has 8 heteroatoms. The van der Waals surface area contributed by atoms with Crippen molar-refractivity contribution >= 4 is 52.6 Å². The lowest BCUT2D eigenvalue weighted by Gasteiger charge is -2.32. The Kier molecular flexibility index (Phi) is 6.65. The van der Waals surface area contributed by atoms with Gasteiger partial charge in [0.05, 0.1) is 11.2 Å². The number of thioether (sulfide) groups is 1. The molecule has 1 heterocycles. The van der Waals surface area contributed by atoms with Crippen molar-refractivity contribution in [2.24, 2.45) is 0 Å². The maximum absolute atomic E-state index is 14.9. The lowest BCUT2D eigenvalue weighted by atomic mass is 9.79. The van der Waals surface area contributed by atoms with Crippen LogP contribution in [0.15, 0.2) is 41.3 Å². The maximum atomic E-state index is 14.9. The van der Waals surface area contributed by atoms with Crippen molar-refractivity contribution in [1.82, 2.24) is 0 Å². The first kappa shape index (κ1) is 23.3. The predicted molar refractivity (Wildman–Crippen MR) is 132 cm³/mol. The minimum Gasteiger partial charge on any atom is -0.399 e. The zero-order valence-corrected chi connectivity index (χ0v) is 21.2. The van der Waals surface area contributed by atoms with Crippen LogP contribution in [-0.4, -0.2) is 29.6 Å². The molecule has 4 rings (SSSR count). The van der Waals surface area contributed by atoms with Gasteiger partial charge in [-0.3, -0.25) is 0 Å². The van der Waals surface area contributed by atoms with Gasteiger partial charge in [-0.25, -0.2) is 8.78 Å². The second-order valence-corrected chi connectivity index (χ2v) is 11.8. The topological polar surface area (TPSA) is 30.5 Å². The third kappa shape index (κ3) is 5.07. The Bertz CT molecular complexity index is 959. The SMILES string of the molecule is CC1(C)OB(c2ccc(SC3CCC(Nc4ccc(F)cc4I)C3)c(F)c2)OC1(C)C. The van der Waals surface area contributed by atoms with E-state index >= 15 is 0 Å². The van der Waals surface area contributed by atoms with Crippen LogP contribution in [0, 0.1) is 15.2 Å². The summed E-state index contributed by atoms with van der Waals surface area (Å²) in [6.45, 7) is 7.96. The van der Waals surface area contributed by atoms with Crippen LogP contribution in [0.5, 0.6) is 0 Å². The Hall–Kier alpha value is -0.835. The van der Waals surface area contributed by atoms with Crippen LogP contribution >= 0.6 is 34.4 Å². The molecule has 0 bridgehead atoms. The van der Waals surface area contributed by atoms with Crippen LogP contribution in [0.3, 0.4) is 0 Å². The van der Waals surface area contributed by atoms with Gasteiger partial charge < -0.3 is 14.6 Å². The number of rotatable bonds is 5. The molecule has 2 fully saturated rings. The molecule has 166 valence electrons.